The quantitative estimate of drug-likeness (QED) is 0.604. The summed E-state index contributed by atoms with van der Waals surface area (Å²) in [5.41, 5.74) is 0.471. The number of rotatable bonds is 6. The van der Waals surface area contributed by atoms with Crippen molar-refractivity contribution in [3.8, 4) is 5.75 Å². The van der Waals surface area contributed by atoms with Crippen LogP contribution in [0, 0.1) is 10.1 Å². The molecule has 0 spiro atoms. The van der Waals surface area contributed by atoms with E-state index < -0.39 is 10.8 Å². The van der Waals surface area contributed by atoms with Gasteiger partial charge in [0.1, 0.15) is 10.8 Å². The Bertz CT molecular complexity index is 825. The zero-order chi connectivity index (χ0) is 18.4. The van der Waals surface area contributed by atoms with E-state index in [9.17, 15) is 19.7 Å². The van der Waals surface area contributed by atoms with Gasteiger partial charge in [0.15, 0.2) is 6.61 Å². The Hall–Kier alpha value is -3.13. The van der Waals surface area contributed by atoms with Crippen LogP contribution in [-0.2, 0) is 9.59 Å². The van der Waals surface area contributed by atoms with Crippen molar-refractivity contribution < 1.29 is 19.2 Å². The average molecular weight is 364 g/mol. The summed E-state index contributed by atoms with van der Waals surface area (Å²) in [4.78, 5) is 33.1. The number of amides is 2. The van der Waals surface area contributed by atoms with Gasteiger partial charge in [-0.1, -0.05) is 17.7 Å². The van der Waals surface area contributed by atoms with Crippen LogP contribution in [0.25, 0.3) is 0 Å². The molecule has 2 rings (SSSR count). The van der Waals surface area contributed by atoms with Crippen LogP contribution < -0.4 is 15.4 Å². The van der Waals surface area contributed by atoms with Crippen LogP contribution in [0.15, 0.2) is 42.5 Å². The standard InChI is InChI=1S/C16H14ClN3O5/c1-10(21)18-11-3-2-4-13(7-11)25-9-16(22)19-12-5-6-14(17)15(8-12)20(23)24/h2-8H,9H2,1H3,(H,18,21)(H,19,22). The van der Waals surface area contributed by atoms with Gasteiger partial charge in [-0.05, 0) is 24.3 Å². The second kappa shape index (κ2) is 8.11. The first kappa shape index (κ1) is 18.2. The molecule has 0 aliphatic rings. The van der Waals surface area contributed by atoms with Crippen LogP contribution in [0.4, 0.5) is 17.1 Å². The Morgan fingerprint density at radius 3 is 2.56 bits per heavy atom. The molecule has 0 saturated carbocycles. The lowest BCUT2D eigenvalue weighted by Crippen LogP contribution is -2.20. The highest BCUT2D eigenvalue weighted by Gasteiger charge is 2.14. The van der Waals surface area contributed by atoms with Crippen LogP contribution in [0.1, 0.15) is 6.92 Å². The number of nitro groups is 1. The highest BCUT2D eigenvalue weighted by atomic mass is 35.5. The second-order valence-electron chi connectivity index (χ2n) is 4.97. The van der Waals surface area contributed by atoms with Crippen molar-refractivity contribution in [2.45, 2.75) is 6.92 Å². The lowest BCUT2D eigenvalue weighted by Gasteiger charge is -2.09. The topological polar surface area (TPSA) is 111 Å². The molecular weight excluding hydrogens is 350 g/mol. The van der Waals surface area contributed by atoms with Crippen LogP contribution in [-0.4, -0.2) is 23.3 Å². The molecule has 25 heavy (non-hydrogen) atoms. The molecule has 0 aliphatic carbocycles. The minimum atomic E-state index is -0.637. The van der Waals surface area contributed by atoms with Gasteiger partial charge in [0.25, 0.3) is 11.6 Å². The molecule has 2 aromatic rings. The minimum absolute atomic E-state index is 0.0194. The van der Waals surface area contributed by atoms with Crippen molar-refractivity contribution >= 4 is 40.5 Å². The van der Waals surface area contributed by atoms with Crippen molar-refractivity contribution in [1.29, 1.82) is 0 Å². The summed E-state index contributed by atoms with van der Waals surface area (Å²) in [5.74, 6) is -0.329. The largest absolute Gasteiger partial charge is 0.484 e. The number of nitro benzene ring substituents is 1. The molecule has 0 bridgehead atoms. The van der Waals surface area contributed by atoms with Crippen molar-refractivity contribution in [3.05, 3.63) is 57.6 Å². The van der Waals surface area contributed by atoms with Crippen molar-refractivity contribution in [1.82, 2.24) is 0 Å². The van der Waals surface area contributed by atoms with Crippen molar-refractivity contribution in [2.24, 2.45) is 0 Å². The Balaban J connectivity index is 1.96. The van der Waals surface area contributed by atoms with Gasteiger partial charge < -0.3 is 15.4 Å². The molecular formula is C16H14ClN3O5. The van der Waals surface area contributed by atoms with Gasteiger partial charge in [0.2, 0.25) is 5.91 Å². The maximum Gasteiger partial charge on any atom is 0.289 e. The average Bonchev–Trinajstić information content (AvgIpc) is 2.54. The second-order valence-corrected chi connectivity index (χ2v) is 5.38. The number of benzene rings is 2. The summed E-state index contributed by atoms with van der Waals surface area (Å²) in [6.07, 6.45) is 0. The maximum atomic E-state index is 11.9. The fraction of sp³-hybridized carbons (Fsp3) is 0.125. The molecule has 0 fully saturated rings. The third-order valence-corrected chi connectivity index (χ3v) is 3.27. The molecule has 0 aliphatic heterocycles. The monoisotopic (exact) mass is 363 g/mol. The number of anilines is 2. The molecule has 2 amide bonds. The molecule has 0 aromatic heterocycles. The predicted molar refractivity (Wildman–Crippen MR) is 93.0 cm³/mol. The number of carbonyl (C=O) groups excluding carboxylic acids is 2. The Labute approximate surface area is 147 Å². The molecule has 8 nitrogen and oxygen atoms in total. The molecule has 0 radical (unpaired) electrons. The van der Waals surface area contributed by atoms with E-state index in [4.69, 9.17) is 16.3 Å². The molecule has 2 N–H and O–H groups in total. The Morgan fingerprint density at radius 1 is 1.16 bits per heavy atom. The molecule has 0 unspecified atom stereocenters. The summed E-state index contributed by atoms with van der Waals surface area (Å²) < 4.78 is 5.34. The van der Waals surface area contributed by atoms with E-state index >= 15 is 0 Å². The van der Waals surface area contributed by atoms with E-state index in [-0.39, 0.29) is 28.9 Å². The fourth-order valence-electron chi connectivity index (χ4n) is 1.94. The van der Waals surface area contributed by atoms with Gasteiger partial charge in [0, 0.05) is 30.4 Å². The fourth-order valence-corrected chi connectivity index (χ4v) is 2.13. The van der Waals surface area contributed by atoms with Gasteiger partial charge in [-0.3, -0.25) is 19.7 Å². The van der Waals surface area contributed by atoms with Crippen molar-refractivity contribution in [3.63, 3.8) is 0 Å². The van der Waals surface area contributed by atoms with Crippen LogP contribution in [0.3, 0.4) is 0 Å². The predicted octanol–water partition coefficient (Wildman–Crippen LogP) is 3.22. The highest BCUT2D eigenvalue weighted by Crippen LogP contribution is 2.27. The first-order chi connectivity index (χ1) is 11.8. The SMILES string of the molecule is CC(=O)Nc1cccc(OCC(=O)Nc2ccc(Cl)c([N+](=O)[O-])c2)c1. The number of hydrogen-bond acceptors (Lipinski definition) is 5. The van der Waals surface area contributed by atoms with E-state index in [2.05, 4.69) is 10.6 Å². The van der Waals surface area contributed by atoms with Gasteiger partial charge >= 0.3 is 0 Å². The maximum absolute atomic E-state index is 11.9. The molecule has 9 heteroatoms. The summed E-state index contributed by atoms with van der Waals surface area (Å²) >= 11 is 5.71. The zero-order valence-electron chi connectivity index (χ0n) is 13.1. The third-order valence-electron chi connectivity index (χ3n) is 2.95. The molecule has 0 heterocycles. The van der Waals surface area contributed by atoms with Crippen LogP contribution in [0.2, 0.25) is 5.02 Å². The lowest BCUT2D eigenvalue weighted by molar-refractivity contribution is -0.384. The summed E-state index contributed by atoms with van der Waals surface area (Å²) in [6, 6.07) is 10.5. The normalized spacial score (nSPS) is 10.0. The van der Waals surface area contributed by atoms with Gasteiger partial charge in [-0.2, -0.15) is 0 Å². The minimum Gasteiger partial charge on any atom is -0.484 e. The van der Waals surface area contributed by atoms with E-state index in [0.717, 1.165) is 6.07 Å². The summed E-state index contributed by atoms with van der Waals surface area (Å²) in [7, 11) is 0. The van der Waals surface area contributed by atoms with E-state index in [1.54, 1.807) is 24.3 Å². The van der Waals surface area contributed by atoms with E-state index in [1.165, 1.54) is 19.1 Å². The highest BCUT2D eigenvalue weighted by molar-refractivity contribution is 6.32. The summed E-state index contributed by atoms with van der Waals surface area (Å²) in [6.45, 7) is 1.08. The number of ether oxygens (including phenoxy) is 1. The van der Waals surface area contributed by atoms with Crippen LogP contribution in [0.5, 0.6) is 5.75 Å². The molecule has 2 aromatic carbocycles. The number of nitrogens with zero attached hydrogens (tertiary/aromatic N) is 1. The zero-order valence-corrected chi connectivity index (χ0v) is 13.9. The number of halogens is 1. The van der Waals surface area contributed by atoms with E-state index in [1.807, 2.05) is 0 Å². The molecule has 0 atom stereocenters. The van der Waals surface area contributed by atoms with E-state index in [0.29, 0.717) is 11.4 Å². The van der Waals surface area contributed by atoms with Crippen LogP contribution >= 0.6 is 11.6 Å². The molecule has 0 saturated heterocycles. The van der Waals surface area contributed by atoms with Gasteiger partial charge in [-0.25, -0.2) is 0 Å². The van der Waals surface area contributed by atoms with Gasteiger partial charge in [0.05, 0.1) is 4.92 Å². The first-order valence-corrected chi connectivity index (χ1v) is 7.47. The van der Waals surface area contributed by atoms with Gasteiger partial charge in [-0.15, -0.1) is 0 Å². The lowest BCUT2D eigenvalue weighted by atomic mass is 10.3. The number of carbonyl (C=O) groups is 2. The summed E-state index contributed by atoms with van der Waals surface area (Å²) in [5, 5.41) is 15.9. The first-order valence-electron chi connectivity index (χ1n) is 7.09. The van der Waals surface area contributed by atoms with Crippen molar-refractivity contribution in [2.75, 3.05) is 17.2 Å². The molecule has 130 valence electrons. The smallest absolute Gasteiger partial charge is 0.289 e. The Kier molecular flexibility index (Phi) is 5.91. The third kappa shape index (κ3) is 5.47. The Morgan fingerprint density at radius 2 is 1.88 bits per heavy atom. The number of hydrogen-bond donors (Lipinski definition) is 2. The number of nitrogens with one attached hydrogen (secondary N) is 2.